The Bertz CT molecular complexity index is 430. The minimum absolute atomic E-state index is 0.0660. The molecule has 1 aliphatic heterocycles. The average Bonchev–Trinajstić information content (AvgIpc) is 3.03. The molecule has 21 heavy (non-hydrogen) atoms. The molecule has 1 fully saturated rings. The van der Waals surface area contributed by atoms with Crippen LogP contribution >= 0.6 is 0 Å². The Morgan fingerprint density at radius 3 is 2.81 bits per heavy atom. The summed E-state index contributed by atoms with van der Waals surface area (Å²) in [6, 6.07) is 9.91. The SMILES string of the molecule is CCN(CC1CCOC1)C(=O)CCC(N)c1ccccc1. The van der Waals surface area contributed by atoms with Crippen LogP contribution in [-0.2, 0) is 9.53 Å². The number of ether oxygens (including phenoxy) is 1. The quantitative estimate of drug-likeness (QED) is 0.838. The van der Waals surface area contributed by atoms with E-state index in [4.69, 9.17) is 10.5 Å². The molecule has 0 aliphatic carbocycles. The Hall–Kier alpha value is -1.39. The number of hydrogen-bond acceptors (Lipinski definition) is 3. The van der Waals surface area contributed by atoms with Crippen molar-refractivity contribution < 1.29 is 9.53 Å². The zero-order chi connectivity index (χ0) is 15.1. The highest BCUT2D eigenvalue weighted by Crippen LogP contribution is 2.18. The van der Waals surface area contributed by atoms with Crippen LogP contribution < -0.4 is 5.73 Å². The summed E-state index contributed by atoms with van der Waals surface area (Å²) < 4.78 is 5.38. The maximum absolute atomic E-state index is 12.3. The summed E-state index contributed by atoms with van der Waals surface area (Å²) in [5.41, 5.74) is 7.25. The van der Waals surface area contributed by atoms with E-state index in [-0.39, 0.29) is 11.9 Å². The summed E-state index contributed by atoms with van der Waals surface area (Å²) in [5, 5.41) is 0. The van der Waals surface area contributed by atoms with Crippen LogP contribution in [0.2, 0.25) is 0 Å². The van der Waals surface area contributed by atoms with Gasteiger partial charge in [0.25, 0.3) is 0 Å². The first-order valence-corrected chi connectivity index (χ1v) is 7.86. The number of carbonyl (C=O) groups is 1. The van der Waals surface area contributed by atoms with E-state index in [0.29, 0.717) is 18.8 Å². The van der Waals surface area contributed by atoms with Crippen LogP contribution in [0.5, 0.6) is 0 Å². The largest absolute Gasteiger partial charge is 0.381 e. The second kappa shape index (κ2) is 8.15. The average molecular weight is 290 g/mol. The van der Waals surface area contributed by atoms with Gasteiger partial charge in [-0.15, -0.1) is 0 Å². The van der Waals surface area contributed by atoms with Gasteiger partial charge in [-0.1, -0.05) is 30.3 Å². The molecule has 1 aliphatic rings. The van der Waals surface area contributed by atoms with E-state index in [9.17, 15) is 4.79 Å². The summed E-state index contributed by atoms with van der Waals surface area (Å²) in [6.45, 7) is 5.22. The molecular formula is C17H26N2O2. The first kappa shape index (κ1) is 16.0. The van der Waals surface area contributed by atoms with Gasteiger partial charge in [0.15, 0.2) is 0 Å². The second-order valence-corrected chi connectivity index (χ2v) is 5.72. The van der Waals surface area contributed by atoms with E-state index >= 15 is 0 Å². The minimum atomic E-state index is -0.0660. The number of rotatable bonds is 7. The van der Waals surface area contributed by atoms with E-state index in [1.165, 1.54) is 0 Å². The molecule has 1 saturated heterocycles. The molecule has 0 aromatic heterocycles. The van der Waals surface area contributed by atoms with E-state index in [1.54, 1.807) is 0 Å². The smallest absolute Gasteiger partial charge is 0.222 e. The Morgan fingerprint density at radius 1 is 1.43 bits per heavy atom. The van der Waals surface area contributed by atoms with Crippen LogP contribution in [-0.4, -0.2) is 37.1 Å². The fraction of sp³-hybridized carbons (Fsp3) is 0.588. The number of nitrogens with zero attached hydrogens (tertiary/aromatic N) is 1. The lowest BCUT2D eigenvalue weighted by atomic mass is 10.0. The summed E-state index contributed by atoms with van der Waals surface area (Å²) in [5.74, 6) is 0.701. The standard InChI is InChI=1S/C17H26N2O2/c1-2-19(12-14-10-11-21-13-14)17(20)9-8-16(18)15-6-4-3-5-7-15/h3-7,14,16H,2,8-13,18H2,1H3. The van der Waals surface area contributed by atoms with Gasteiger partial charge in [0, 0.05) is 38.1 Å². The number of hydrogen-bond donors (Lipinski definition) is 1. The van der Waals surface area contributed by atoms with Gasteiger partial charge < -0.3 is 15.4 Å². The Labute approximate surface area is 127 Å². The van der Waals surface area contributed by atoms with E-state index in [0.717, 1.165) is 38.3 Å². The second-order valence-electron chi connectivity index (χ2n) is 5.72. The fourth-order valence-electron chi connectivity index (χ4n) is 2.75. The van der Waals surface area contributed by atoms with Crippen molar-refractivity contribution in [2.75, 3.05) is 26.3 Å². The molecule has 4 nitrogen and oxygen atoms in total. The predicted molar refractivity (Wildman–Crippen MR) is 83.8 cm³/mol. The summed E-state index contributed by atoms with van der Waals surface area (Å²) >= 11 is 0. The third-order valence-electron chi connectivity index (χ3n) is 4.13. The molecule has 0 bridgehead atoms. The lowest BCUT2D eigenvalue weighted by Crippen LogP contribution is -2.35. The number of amides is 1. The van der Waals surface area contributed by atoms with Crippen LogP contribution in [0.3, 0.4) is 0 Å². The molecule has 0 radical (unpaired) electrons. The van der Waals surface area contributed by atoms with Gasteiger partial charge in [0.1, 0.15) is 0 Å². The molecule has 1 amide bonds. The normalized spacial score (nSPS) is 19.4. The summed E-state index contributed by atoms with van der Waals surface area (Å²) in [4.78, 5) is 14.3. The van der Waals surface area contributed by atoms with E-state index in [1.807, 2.05) is 42.2 Å². The highest BCUT2D eigenvalue weighted by atomic mass is 16.5. The Morgan fingerprint density at radius 2 is 2.19 bits per heavy atom. The third kappa shape index (κ3) is 4.83. The van der Waals surface area contributed by atoms with Crippen molar-refractivity contribution in [2.24, 2.45) is 11.7 Å². The van der Waals surface area contributed by atoms with Gasteiger partial charge in [-0.25, -0.2) is 0 Å². The highest BCUT2D eigenvalue weighted by Gasteiger charge is 2.21. The van der Waals surface area contributed by atoms with Gasteiger partial charge in [-0.3, -0.25) is 4.79 Å². The van der Waals surface area contributed by atoms with E-state index < -0.39 is 0 Å². The number of nitrogens with two attached hydrogens (primary N) is 1. The zero-order valence-corrected chi connectivity index (χ0v) is 12.8. The predicted octanol–water partition coefficient (Wildman–Crippen LogP) is 2.35. The maximum Gasteiger partial charge on any atom is 0.222 e. The van der Waals surface area contributed by atoms with Crippen molar-refractivity contribution in [3.05, 3.63) is 35.9 Å². The summed E-state index contributed by atoms with van der Waals surface area (Å²) in [6.07, 6.45) is 2.27. The highest BCUT2D eigenvalue weighted by molar-refractivity contribution is 5.76. The lowest BCUT2D eigenvalue weighted by molar-refractivity contribution is -0.131. The minimum Gasteiger partial charge on any atom is -0.381 e. The fourth-order valence-corrected chi connectivity index (χ4v) is 2.75. The molecule has 1 aromatic carbocycles. The van der Waals surface area contributed by atoms with Crippen LogP contribution in [0.25, 0.3) is 0 Å². The monoisotopic (exact) mass is 290 g/mol. The molecule has 4 heteroatoms. The van der Waals surface area contributed by atoms with Crippen LogP contribution in [0.1, 0.15) is 37.8 Å². The molecule has 0 spiro atoms. The number of benzene rings is 1. The molecule has 2 N–H and O–H groups in total. The summed E-state index contributed by atoms with van der Waals surface area (Å²) in [7, 11) is 0. The molecule has 2 rings (SSSR count). The topological polar surface area (TPSA) is 55.6 Å². The first-order valence-electron chi connectivity index (χ1n) is 7.86. The van der Waals surface area contributed by atoms with Crippen molar-refractivity contribution in [3.8, 4) is 0 Å². The molecule has 1 heterocycles. The van der Waals surface area contributed by atoms with Gasteiger partial charge in [-0.05, 0) is 25.3 Å². The third-order valence-corrected chi connectivity index (χ3v) is 4.13. The van der Waals surface area contributed by atoms with Crippen LogP contribution in [0, 0.1) is 5.92 Å². The lowest BCUT2D eigenvalue weighted by Gasteiger charge is -2.24. The van der Waals surface area contributed by atoms with Gasteiger partial charge in [0.2, 0.25) is 5.91 Å². The van der Waals surface area contributed by atoms with E-state index in [2.05, 4.69) is 0 Å². The van der Waals surface area contributed by atoms with Gasteiger partial charge >= 0.3 is 0 Å². The maximum atomic E-state index is 12.3. The molecule has 116 valence electrons. The van der Waals surface area contributed by atoms with Gasteiger partial charge in [0.05, 0.1) is 6.61 Å². The Kier molecular flexibility index (Phi) is 6.21. The van der Waals surface area contributed by atoms with Crippen molar-refractivity contribution in [1.29, 1.82) is 0 Å². The first-order chi connectivity index (χ1) is 10.2. The zero-order valence-electron chi connectivity index (χ0n) is 12.8. The Balaban J connectivity index is 1.79. The molecule has 2 unspecified atom stereocenters. The molecule has 0 saturated carbocycles. The molecular weight excluding hydrogens is 264 g/mol. The van der Waals surface area contributed by atoms with Gasteiger partial charge in [-0.2, -0.15) is 0 Å². The molecule has 2 atom stereocenters. The van der Waals surface area contributed by atoms with Crippen LogP contribution in [0.15, 0.2) is 30.3 Å². The van der Waals surface area contributed by atoms with Crippen molar-refractivity contribution in [3.63, 3.8) is 0 Å². The van der Waals surface area contributed by atoms with Crippen molar-refractivity contribution in [1.82, 2.24) is 4.90 Å². The number of carbonyl (C=O) groups excluding carboxylic acids is 1. The van der Waals surface area contributed by atoms with Crippen molar-refractivity contribution in [2.45, 2.75) is 32.2 Å². The molecule has 1 aromatic rings. The van der Waals surface area contributed by atoms with Crippen molar-refractivity contribution >= 4 is 5.91 Å². The van der Waals surface area contributed by atoms with Crippen LogP contribution in [0.4, 0.5) is 0 Å².